The Labute approximate surface area is 94.7 Å². The van der Waals surface area contributed by atoms with Gasteiger partial charge in [-0.05, 0) is 19.1 Å². The lowest BCUT2D eigenvalue weighted by Gasteiger charge is -2.10. The molecule has 0 radical (unpaired) electrons. The molecule has 4 nitrogen and oxygen atoms in total. The van der Waals surface area contributed by atoms with Gasteiger partial charge in [0, 0.05) is 17.5 Å². The molecule has 0 aromatic heterocycles. The maximum absolute atomic E-state index is 10.8. The summed E-state index contributed by atoms with van der Waals surface area (Å²) >= 11 is 0. The molecule has 1 aromatic carbocycles. The lowest BCUT2D eigenvalue weighted by molar-refractivity contribution is -0.385. The van der Waals surface area contributed by atoms with E-state index in [4.69, 9.17) is 4.74 Å². The monoisotopic (exact) mass is 221 g/mol. The highest BCUT2D eigenvalue weighted by Crippen LogP contribution is 2.30. The van der Waals surface area contributed by atoms with E-state index in [-0.39, 0.29) is 16.5 Å². The summed E-state index contributed by atoms with van der Waals surface area (Å²) < 4.78 is 5.32. The van der Waals surface area contributed by atoms with E-state index in [0.717, 1.165) is 0 Å². The number of allylic oxidation sites excluding steroid dienone is 1. The molecule has 16 heavy (non-hydrogen) atoms. The van der Waals surface area contributed by atoms with E-state index in [1.54, 1.807) is 18.2 Å². The highest BCUT2D eigenvalue weighted by molar-refractivity contribution is 5.48. The van der Waals surface area contributed by atoms with Crippen LogP contribution in [0.3, 0.4) is 0 Å². The number of nitro benzene ring substituents is 1. The van der Waals surface area contributed by atoms with Crippen molar-refractivity contribution in [3.63, 3.8) is 0 Å². The Kier molecular flexibility index (Phi) is 4.05. The molecule has 4 heteroatoms. The predicted octanol–water partition coefficient (Wildman–Crippen LogP) is 3.28. The third-order valence-electron chi connectivity index (χ3n) is 2.35. The first-order chi connectivity index (χ1) is 7.60. The highest BCUT2D eigenvalue weighted by atomic mass is 16.6. The van der Waals surface area contributed by atoms with E-state index in [1.165, 1.54) is 6.07 Å². The summed E-state index contributed by atoms with van der Waals surface area (Å²) in [6.07, 6.45) is 1.68. The Morgan fingerprint density at radius 1 is 1.62 bits per heavy atom. The predicted molar refractivity (Wildman–Crippen MR) is 62.9 cm³/mol. The first-order valence-electron chi connectivity index (χ1n) is 5.13. The van der Waals surface area contributed by atoms with Crippen LogP contribution < -0.4 is 4.74 Å². The standard InChI is InChI=1S/C12H15NO3/c1-4-9(3)11-8-10(16-5-2)6-7-12(11)13(14)15/h4,6-9H,1,5H2,2-3H3. The van der Waals surface area contributed by atoms with Gasteiger partial charge in [0.05, 0.1) is 11.5 Å². The van der Waals surface area contributed by atoms with Gasteiger partial charge >= 0.3 is 0 Å². The molecule has 0 saturated heterocycles. The van der Waals surface area contributed by atoms with Crippen LogP contribution in [0.15, 0.2) is 30.9 Å². The second-order valence-corrected chi connectivity index (χ2v) is 3.44. The van der Waals surface area contributed by atoms with Gasteiger partial charge in [0.1, 0.15) is 5.75 Å². The molecule has 0 heterocycles. The molecular weight excluding hydrogens is 206 g/mol. The van der Waals surface area contributed by atoms with E-state index in [0.29, 0.717) is 17.9 Å². The van der Waals surface area contributed by atoms with Crippen molar-refractivity contribution in [2.75, 3.05) is 6.61 Å². The van der Waals surface area contributed by atoms with Gasteiger partial charge in [0.15, 0.2) is 0 Å². The summed E-state index contributed by atoms with van der Waals surface area (Å²) in [6.45, 7) is 7.93. The molecule has 0 saturated carbocycles. The average molecular weight is 221 g/mol. The molecule has 1 rings (SSSR count). The van der Waals surface area contributed by atoms with E-state index in [9.17, 15) is 10.1 Å². The van der Waals surface area contributed by atoms with Gasteiger partial charge in [-0.2, -0.15) is 0 Å². The van der Waals surface area contributed by atoms with Crippen LogP contribution in [0.25, 0.3) is 0 Å². The van der Waals surface area contributed by atoms with Crippen LogP contribution in [0.5, 0.6) is 5.75 Å². The maximum atomic E-state index is 10.8. The quantitative estimate of drug-likeness (QED) is 0.435. The zero-order valence-electron chi connectivity index (χ0n) is 9.47. The number of nitro groups is 1. The second kappa shape index (κ2) is 5.30. The number of hydrogen-bond donors (Lipinski definition) is 0. The fourth-order valence-electron chi connectivity index (χ4n) is 1.45. The fourth-order valence-corrected chi connectivity index (χ4v) is 1.45. The van der Waals surface area contributed by atoms with Crippen molar-refractivity contribution in [3.05, 3.63) is 46.5 Å². The highest BCUT2D eigenvalue weighted by Gasteiger charge is 2.17. The Morgan fingerprint density at radius 3 is 2.81 bits per heavy atom. The minimum absolute atomic E-state index is 0.0687. The Bertz CT molecular complexity index is 401. The fraction of sp³-hybridized carbons (Fsp3) is 0.333. The number of nitrogens with zero attached hydrogens (tertiary/aromatic N) is 1. The molecule has 1 aromatic rings. The van der Waals surface area contributed by atoms with Gasteiger partial charge in [0.2, 0.25) is 0 Å². The molecule has 0 bridgehead atoms. The average Bonchev–Trinajstić information content (AvgIpc) is 2.28. The van der Waals surface area contributed by atoms with Gasteiger partial charge in [0.25, 0.3) is 5.69 Å². The van der Waals surface area contributed by atoms with E-state index in [1.807, 2.05) is 13.8 Å². The summed E-state index contributed by atoms with van der Waals surface area (Å²) in [7, 11) is 0. The lowest BCUT2D eigenvalue weighted by atomic mass is 9.99. The van der Waals surface area contributed by atoms with Crippen LogP contribution in [0, 0.1) is 10.1 Å². The number of rotatable bonds is 5. The van der Waals surface area contributed by atoms with Crippen molar-refractivity contribution >= 4 is 5.69 Å². The van der Waals surface area contributed by atoms with Crippen molar-refractivity contribution in [1.29, 1.82) is 0 Å². The van der Waals surface area contributed by atoms with E-state index >= 15 is 0 Å². The Balaban J connectivity index is 3.20. The molecule has 86 valence electrons. The molecule has 0 N–H and O–H groups in total. The topological polar surface area (TPSA) is 52.4 Å². The van der Waals surface area contributed by atoms with Crippen molar-refractivity contribution < 1.29 is 9.66 Å². The summed E-state index contributed by atoms with van der Waals surface area (Å²) in [5, 5.41) is 10.8. The van der Waals surface area contributed by atoms with Crippen molar-refractivity contribution in [1.82, 2.24) is 0 Å². The van der Waals surface area contributed by atoms with Gasteiger partial charge in [-0.15, -0.1) is 6.58 Å². The van der Waals surface area contributed by atoms with Crippen molar-refractivity contribution in [2.45, 2.75) is 19.8 Å². The molecule has 0 spiro atoms. The molecule has 1 atom stereocenters. The zero-order valence-corrected chi connectivity index (χ0v) is 9.47. The van der Waals surface area contributed by atoms with E-state index < -0.39 is 0 Å². The molecule has 0 amide bonds. The SMILES string of the molecule is C=CC(C)c1cc(OCC)ccc1[N+](=O)[O-]. The van der Waals surface area contributed by atoms with Crippen molar-refractivity contribution in [3.8, 4) is 5.75 Å². The third-order valence-corrected chi connectivity index (χ3v) is 2.35. The minimum Gasteiger partial charge on any atom is -0.494 e. The van der Waals surface area contributed by atoms with Crippen LogP contribution in [0.4, 0.5) is 5.69 Å². The van der Waals surface area contributed by atoms with Gasteiger partial charge in [-0.3, -0.25) is 10.1 Å². The minimum atomic E-state index is -0.384. The van der Waals surface area contributed by atoms with Crippen LogP contribution in [-0.4, -0.2) is 11.5 Å². The molecule has 0 aliphatic carbocycles. The molecule has 0 aliphatic heterocycles. The molecule has 0 aliphatic rings. The Morgan fingerprint density at radius 2 is 2.31 bits per heavy atom. The van der Waals surface area contributed by atoms with Crippen LogP contribution in [-0.2, 0) is 0 Å². The zero-order chi connectivity index (χ0) is 12.1. The summed E-state index contributed by atoms with van der Waals surface area (Å²) in [5.41, 5.74) is 0.738. The number of ether oxygens (including phenoxy) is 1. The third kappa shape index (κ3) is 2.59. The normalized spacial score (nSPS) is 11.9. The molecule has 0 fully saturated rings. The van der Waals surface area contributed by atoms with E-state index in [2.05, 4.69) is 6.58 Å². The first kappa shape index (κ1) is 12.2. The van der Waals surface area contributed by atoms with Gasteiger partial charge in [-0.1, -0.05) is 13.0 Å². The summed E-state index contributed by atoms with van der Waals surface area (Å²) in [5.74, 6) is 0.581. The smallest absolute Gasteiger partial charge is 0.273 e. The second-order valence-electron chi connectivity index (χ2n) is 3.44. The van der Waals surface area contributed by atoms with Crippen LogP contribution in [0.1, 0.15) is 25.3 Å². The number of hydrogen-bond acceptors (Lipinski definition) is 3. The Hall–Kier alpha value is -1.84. The summed E-state index contributed by atoms with van der Waals surface area (Å²) in [4.78, 5) is 10.5. The van der Waals surface area contributed by atoms with Gasteiger partial charge in [-0.25, -0.2) is 0 Å². The van der Waals surface area contributed by atoms with Crippen molar-refractivity contribution in [2.24, 2.45) is 0 Å². The largest absolute Gasteiger partial charge is 0.494 e. The number of benzene rings is 1. The van der Waals surface area contributed by atoms with Crippen LogP contribution in [0.2, 0.25) is 0 Å². The van der Waals surface area contributed by atoms with Gasteiger partial charge < -0.3 is 4.74 Å². The van der Waals surface area contributed by atoms with Crippen LogP contribution >= 0.6 is 0 Å². The lowest BCUT2D eigenvalue weighted by Crippen LogP contribution is -2.00. The summed E-state index contributed by atoms with van der Waals surface area (Å²) in [6, 6.07) is 4.79. The molecular formula is C12H15NO3. The maximum Gasteiger partial charge on any atom is 0.273 e. The molecule has 1 unspecified atom stereocenters. The first-order valence-corrected chi connectivity index (χ1v) is 5.13.